The van der Waals surface area contributed by atoms with E-state index in [1.54, 1.807) is 4.90 Å². The lowest BCUT2D eigenvalue weighted by Gasteiger charge is -2.30. The first-order valence-electron chi connectivity index (χ1n) is 9.81. The van der Waals surface area contributed by atoms with Gasteiger partial charge in [-0.15, -0.1) is 0 Å². The van der Waals surface area contributed by atoms with Crippen LogP contribution in [0.3, 0.4) is 0 Å². The van der Waals surface area contributed by atoms with Crippen LogP contribution in [0.4, 0.5) is 11.4 Å². The molecule has 154 valence electrons. The summed E-state index contributed by atoms with van der Waals surface area (Å²) in [5.74, 6) is -0.127. The lowest BCUT2D eigenvalue weighted by atomic mass is 10.1. The number of nitrogen functional groups attached to an aromatic ring is 1. The molecule has 1 saturated heterocycles. The van der Waals surface area contributed by atoms with Gasteiger partial charge in [0.15, 0.2) is 6.61 Å². The summed E-state index contributed by atoms with van der Waals surface area (Å²) >= 11 is 0. The zero-order valence-electron chi connectivity index (χ0n) is 16.8. The van der Waals surface area contributed by atoms with Gasteiger partial charge in [0.2, 0.25) is 0 Å². The van der Waals surface area contributed by atoms with Gasteiger partial charge in [-0.05, 0) is 36.8 Å². The van der Waals surface area contributed by atoms with E-state index in [1.165, 1.54) is 0 Å². The average molecular weight is 396 g/mol. The molecule has 7 heteroatoms. The molecule has 0 radical (unpaired) electrons. The number of morpholine rings is 1. The lowest BCUT2D eigenvalue weighted by Crippen LogP contribution is -2.44. The molecule has 0 unspecified atom stereocenters. The predicted molar refractivity (Wildman–Crippen MR) is 115 cm³/mol. The summed E-state index contributed by atoms with van der Waals surface area (Å²) in [7, 11) is 0. The van der Waals surface area contributed by atoms with Crippen molar-refractivity contribution in [1.29, 1.82) is 0 Å². The van der Waals surface area contributed by atoms with E-state index in [-0.39, 0.29) is 12.5 Å². The van der Waals surface area contributed by atoms with Gasteiger partial charge in [-0.2, -0.15) is 0 Å². The minimum absolute atomic E-state index is 0.121. The highest BCUT2D eigenvalue weighted by atomic mass is 16.6. The van der Waals surface area contributed by atoms with Crippen molar-refractivity contribution in [2.24, 2.45) is 5.16 Å². The highest BCUT2D eigenvalue weighted by Gasteiger charge is 2.18. The van der Waals surface area contributed by atoms with Crippen molar-refractivity contribution in [3.8, 4) is 0 Å². The molecule has 2 N–H and O–H groups in total. The van der Waals surface area contributed by atoms with Crippen LogP contribution < -0.4 is 10.6 Å². The third-order valence-corrected chi connectivity index (χ3v) is 4.83. The highest BCUT2D eigenvalue weighted by Crippen LogP contribution is 2.14. The highest BCUT2D eigenvalue weighted by molar-refractivity contribution is 5.98. The van der Waals surface area contributed by atoms with Crippen molar-refractivity contribution < 1.29 is 14.4 Å². The van der Waals surface area contributed by atoms with Gasteiger partial charge >= 0.3 is 0 Å². The number of oxime groups is 1. The van der Waals surface area contributed by atoms with Crippen LogP contribution in [0.5, 0.6) is 0 Å². The number of amides is 1. The standard InChI is InChI=1S/C22H28N4O3/c1-18(19-7-9-20(23)10-8-19)24-29-17-22(27)26(21-5-3-2-4-6-21)12-11-25-13-15-28-16-14-25/h2-10H,11-17,23H2,1H3/b24-18+. The van der Waals surface area contributed by atoms with E-state index in [0.717, 1.165) is 44.1 Å². The topological polar surface area (TPSA) is 80.4 Å². The number of rotatable bonds is 8. The maximum absolute atomic E-state index is 12.9. The van der Waals surface area contributed by atoms with E-state index in [9.17, 15) is 4.79 Å². The van der Waals surface area contributed by atoms with Gasteiger partial charge in [0.1, 0.15) is 0 Å². The number of carbonyl (C=O) groups excluding carboxylic acids is 1. The zero-order chi connectivity index (χ0) is 20.5. The van der Waals surface area contributed by atoms with Gasteiger partial charge in [-0.3, -0.25) is 9.69 Å². The molecule has 1 fully saturated rings. The zero-order valence-corrected chi connectivity index (χ0v) is 16.8. The number of benzene rings is 2. The van der Waals surface area contributed by atoms with Crippen LogP contribution in [0.1, 0.15) is 12.5 Å². The number of hydrogen-bond acceptors (Lipinski definition) is 6. The number of anilines is 2. The molecule has 1 aliphatic heterocycles. The Kier molecular flexibility index (Phi) is 7.61. The molecular formula is C22H28N4O3. The van der Waals surface area contributed by atoms with Crippen LogP contribution in [0.2, 0.25) is 0 Å². The molecule has 2 aromatic rings. The summed E-state index contributed by atoms with van der Waals surface area (Å²) in [6.45, 7) is 6.35. The Morgan fingerprint density at radius 3 is 2.52 bits per heavy atom. The SMILES string of the molecule is C/C(=N\OCC(=O)N(CCN1CCOCC1)c1ccccc1)c1ccc(N)cc1. The smallest absolute Gasteiger partial charge is 0.267 e. The molecule has 1 heterocycles. The predicted octanol–water partition coefficient (Wildman–Crippen LogP) is 2.37. The van der Waals surface area contributed by atoms with Crippen LogP contribution >= 0.6 is 0 Å². The molecule has 3 rings (SSSR count). The molecule has 1 amide bonds. The molecule has 0 saturated carbocycles. The lowest BCUT2D eigenvalue weighted by molar-refractivity contribution is -0.123. The van der Waals surface area contributed by atoms with Gasteiger partial charge in [-0.25, -0.2) is 0 Å². The maximum atomic E-state index is 12.9. The fourth-order valence-electron chi connectivity index (χ4n) is 3.11. The fraction of sp³-hybridized carbons (Fsp3) is 0.364. The van der Waals surface area contributed by atoms with E-state index in [0.29, 0.717) is 17.9 Å². The first kappa shape index (κ1) is 20.8. The minimum Gasteiger partial charge on any atom is -0.399 e. The van der Waals surface area contributed by atoms with Crippen LogP contribution in [0.15, 0.2) is 59.8 Å². The molecule has 0 bridgehead atoms. The Labute approximate surface area is 171 Å². The van der Waals surface area contributed by atoms with E-state index in [2.05, 4.69) is 10.1 Å². The van der Waals surface area contributed by atoms with Crippen molar-refractivity contribution in [3.63, 3.8) is 0 Å². The van der Waals surface area contributed by atoms with Gasteiger partial charge in [0, 0.05) is 37.6 Å². The van der Waals surface area contributed by atoms with Gasteiger partial charge in [0.05, 0.1) is 18.9 Å². The molecule has 0 aromatic heterocycles. The number of nitrogens with two attached hydrogens (primary N) is 1. The number of nitrogens with zero attached hydrogens (tertiary/aromatic N) is 3. The van der Waals surface area contributed by atoms with Crippen molar-refractivity contribution in [1.82, 2.24) is 4.90 Å². The molecule has 1 aliphatic rings. The van der Waals surface area contributed by atoms with Crippen LogP contribution in [-0.4, -0.2) is 62.5 Å². The Morgan fingerprint density at radius 2 is 1.83 bits per heavy atom. The first-order valence-corrected chi connectivity index (χ1v) is 9.81. The second kappa shape index (κ2) is 10.6. The van der Waals surface area contributed by atoms with Gasteiger partial charge < -0.3 is 20.2 Å². The Balaban J connectivity index is 1.59. The number of hydrogen-bond donors (Lipinski definition) is 1. The third-order valence-electron chi connectivity index (χ3n) is 4.83. The molecular weight excluding hydrogens is 368 g/mol. The normalized spacial score (nSPS) is 15.1. The second-order valence-electron chi connectivity index (χ2n) is 6.91. The summed E-state index contributed by atoms with van der Waals surface area (Å²) in [4.78, 5) is 22.3. The summed E-state index contributed by atoms with van der Waals surface area (Å²) in [5, 5.41) is 4.09. The van der Waals surface area contributed by atoms with Crippen LogP contribution in [0.25, 0.3) is 0 Å². The van der Waals surface area contributed by atoms with Gasteiger partial charge in [-0.1, -0.05) is 35.5 Å². The molecule has 29 heavy (non-hydrogen) atoms. The quantitative estimate of drug-likeness (QED) is 0.421. The van der Waals surface area contributed by atoms with Crippen molar-refractivity contribution >= 4 is 23.0 Å². The van der Waals surface area contributed by atoms with Crippen molar-refractivity contribution in [2.45, 2.75) is 6.92 Å². The Morgan fingerprint density at radius 1 is 1.14 bits per heavy atom. The number of para-hydroxylation sites is 1. The van der Waals surface area contributed by atoms with Gasteiger partial charge in [0.25, 0.3) is 5.91 Å². The second-order valence-corrected chi connectivity index (χ2v) is 6.91. The molecule has 0 aliphatic carbocycles. The molecule has 7 nitrogen and oxygen atoms in total. The number of ether oxygens (including phenoxy) is 1. The maximum Gasteiger partial charge on any atom is 0.267 e. The van der Waals surface area contributed by atoms with E-state index in [1.807, 2.05) is 61.5 Å². The average Bonchev–Trinajstić information content (AvgIpc) is 2.76. The van der Waals surface area contributed by atoms with Crippen LogP contribution in [-0.2, 0) is 14.4 Å². The minimum atomic E-state index is -0.127. The molecule has 2 aromatic carbocycles. The fourth-order valence-corrected chi connectivity index (χ4v) is 3.11. The summed E-state index contributed by atoms with van der Waals surface area (Å²) in [5.41, 5.74) is 8.85. The summed E-state index contributed by atoms with van der Waals surface area (Å²) in [6, 6.07) is 17.0. The van der Waals surface area contributed by atoms with E-state index >= 15 is 0 Å². The van der Waals surface area contributed by atoms with E-state index in [4.69, 9.17) is 15.3 Å². The first-order chi connectivity index (χ1) is 14.1. The largest absolute Gasteiger partial charge is 0.399 e. The molecule has 0 spiro atoms. The molecule has 0 atom stereocenters. The summed E-state index contributed by atoms with van der Waals surface area (Å²) in [6.07, 6.45) is 0. The number of carbonyl (C=O) groups is 1. The van der Waals surface area contributed by atoms with Crippen LogP contribution in [0, 0.1) is 0 Å². The third kappa shape index (κ3) is 6.30. The van der Waals surface area contributed by atoms with Crippen molar-refractivity contribution in [3.05, 3.63) is 60.2 Å². The monoisotopic (exact) mass is 396 g/mol. The Hall–Kier alpha value is -2.90. The Bertz CT molecular complexity index is 803. The van der Waals surface area contributed by atoms with E-state index < -0.39 is 0 Å². The van der Waals surface area contributed by atoms with Crippen molar-refractivity contribution in [2.75, 3.05) is 56.6 Å². The summed E-state index contributed by atoms with van der Waals surface area (Å²) < 4.78 is 5.39.